The molecule has 1 fully saturated rings. The fourth-order valence-electron chi connectivity index (χ4n) is 1.65. The van der Waals surface area contributed by atoms with Gasteiger partial charge in [0, 0.05) is 26.2 Å². The van der Waals surface area contributed by atoms with Crippen molar-refractivity contribution >= 4 is 0 Å². The van der Waals surface area contributed by atoms with Crippen LogP contribution >= 0.6 is 0 Å². The number of rotatable bonds is 11. The summed E-state index contributed by atoms with van der Waals surface area (Å²) in [5.41, 5.74) is 0. The summed E-state index contributed by atoms with van der Waals surface area (Å²) in [4.78, 5) is 2.34. The zero-order valence-electron chi connectivity index (χ0n) is 11.9. The van der Waals surface area contributed by atoms with Gasteiger partial charge in [0.05, 0.1) is 6.61 Å². The number of nitrogens with zero attached hydrogens (tertiary/aromatic N) is 1. The van der Waals surface area contributed by atoms with Gasteiger partial charge in [-0.25, -0.2) is 0 Å². The largest absolute Gasteiger partial charge is 0.380 e. The lowest BCUT2D eigenvalue weighted by Gasteiger charge is -2.17. The monoisotopic (exact) mass is 242 g/mol. The molecule has 0 amide bonds. The SMILES string of the molecule is CC(C)CCNCCN(C)CCOCC1CC1. The molecule has 1 aliphatic rings. The zero-order chi connectivity index (χ0) is 12.5. The maximum atomic E-state index is 5.63. The molecule has 0 aliphatic heterocycles. The molecule has 0 saturated heterocycles. The van der Waals surface area contributed by atoms with Gasteiger partial charge in [-0.15, -0.1) is 0 Å². The Labute approximate surface area is 107 Å². The van der Waals surface area contributed by atoms with Gasteiger partial charge in [0.1, 0.15) is 0 Å². The summed E-state index contributed by atoms with van der Waals surface area (Å²) in [7, 11) is 2.17. The van der Waals surface area contributed by atoms with Crippen LogP contribution in [0.15, 0.2) is 0 Å². The Hall–Kier alpha value is -0.120. The van der Waals surface area contributed by atoms with Crippen LogP contribution in [0.5, 0.6) is 0 Å². The molecule has 0 spiro atoms. The molecule has 3 heteroatoms. The topological polar surface area (TPSA) is 24.5 Å². The number of hydrogen-bond acceptors (Lipinski definition) is 3. The lowest BCUT2D eigenvalue weighted by Crippen LogP contribution is -2.32. The van der Waals surface area contributed by atoms with Crippen LogP contribution < -0.4 is 5.32 Å². The Morgan fingerprint density at radius 3 is 2.65 bits per heavy atom. The molecule has 102 valence electrons. The minimum atomic E-state index is 0.802. The van der Waals surface area contributed by atoms with Gasteiger partial charge in [-0.1, -0.05) is 13.8 Å². The molecule has 0 atom stereocenters. The van der Waals surface area contributed by atoms with E-state index in [0.29, 0.717) is 0 Å². The van der Waals surface area contributed by atoms with E-state index in [-0.39, 0.29) is 0 Å². The maximum Gasteiger partial charge on any atom is 0.0593 e. The Kier molecular flexibility index (Phi) is 7.82. The summed E-state index contributed by atoms with van der Waals surface area (Å²) in [5.74, 6) is 1.69. The van der Waals surface area contributed by atoms with Gasteiger partial charge in [-0.05, 0) is 44.7 Å². The first-order valence-electron chi connectivity index (χ1n) is 7.15. The molecule has 1 aliphatic carbocycles. The van der Waals surface area contributed by atoms with E-state index < -0.39 is 0 Å². The maximum absolute atomic E-state index is 5.63. The summed E-state index contributed by atoms with van der Waals surface area (Å²) in [5, 5.41) is 3.48. The Bertz CT molecular complexity index is 181. The van der Waals surface area contributed by atoms with E-state index in [0.717, 1.165) is 51.2 Å². The number of nitrogens with one attached hydrogen (secondary N) is 1. The predicted molar refractivity (Wildman–Crippen MR) is 73.4 cm³/mol. The lowest BCUT2D eigenvalue weighted by atomic mass is 10.1. The Morgan fingerprint density at radius 1 is 1.24 bits per heavy atom. The molecular weight excluding hydrogens is 212 g/mol. The van der Waals surface area contributed by atoms with Gasteiger partial charge in [0.25, 0.3) is 0 Å². The van der Waals surface area contributed by atoms with Crippen molar-refractivity contribution in [3.05, 3.63) is 0 Å². The number of likely N-dealkylation sites (N-methyl/N-ethyl adjacent to an activating group) is 1. The molecule has 1 saturated carbocycles. The first-order chi connectivity index (χ1) is 8.18. The van der Waals surface area contributed by atoms with E-state index in [1.165, 1.54) is 19.3 Å². The van der Waals surface area contributed by atoms with Crippen LogP contribution in [0.4, 0.5) is 0 Å². The smallest absolute Gasteiger partial charge is 0.0593 e. The highest BCUT2D eigenvalue weighted by atomic mass is 16.5. The molecule has 0 aromatic carbocycles. The normalized spacial score (nSPS) is 16.1. The van der Waals surface area contributed by atoms with E-state index in [1.54, 1.807) is 0 Å². The number of ether oxygens (including phenoxy) is 1. The number of hydrogen-bond donors (Lipinski definition) is 1. The van der Waals surface area contributed by atoms with Crippen LogP contribution in [0.25, 0.3) is 0 Å². The second-order valence-corrected chi connectivity index (χ2v) is 5.75. The van der Waals surface area contributed by atoms with Crippen LogP contribution in [-0.4, -0.2) is 51.3 Å². The summed E-state index contributed by atoms with van der Waals surface area (Å²) in [6.07, 6.45) is 4.04. The predicted octanol–water partition coefficient (Wildman–Crippen LogP) is 1.98. The third-order valence-electron chi connectivity index (χ3n) is 3.24. The molecule has 0 aromatic heterocycles. The fourth-order valence-corrected chi connectivity index (χ4v) is 1.65. The molecule has 17 heavy (non-hydrogen) atoms. The summed E-state index contributed by atoms with van der Waals surface area (Å²) in [6, 6.07) is 0. The molecule has 0 heterocycles. The second kappa shape index (κ2) is 8.90. The summed E-state index contributed by atoms with van der Waals surface area (Å²) >= 11 is 0. The van der Waals surface area contributed by atoms with Crippen LogP contribution in [-0.2, 0) is 4.74 Å². The van der Waals surface area contributed by atoms with Crippen molar-refractivity contribution < 1.29 is 4.74 Å². The van der Waals surface area contributed by atoms with Crippen molar-refractivity contribution in [2.24, 2.45) is 11.8 Å². The quantitative estimate of drug-likeness (QED) is 0.561. The molecule has 0 bridgehead atoms. The minimum absolute atomic E-state index is 0.802. The van der Waals surface area contributed by atoms with E-state index >= 15 is 0 Å². The van der Waals surface area contributed by atoms with Gasteiger partial charge in [0.15, 0.2) is 0 Å². The minimum Gasteiger partial charge on any atom is -0.380 e. The van der Waals surface area contributed by atoms with Crippen molar-refractivity contribution in [2.45, 2.75) is 33.1 Å². The van der Waals surface area contributed by atoms with Crippen molar-refractivity contribution in [3.8, 4) is 0 Å². The van der Waals surface area contributed by atoms with Crippen molar-refractivity contribution in [2.75, 3.05) is 46.4 Å². The van der Waals surface area contributed by atoms with Crippen molar-refractivity contribution in [1.29, 1.82) is 0 Å². The van der Waals surface area contributed by atoms with E-state index in [9.17, 15) is 0 Å². The molecule has 0 unspecified atom stereocenters. The first-order valence-corrected chi connectivity index (χ1v) is 7.15. The van der Waals surface area contributed by atoms with Crippen LogP contribution in [0.2, 0.25) is 0 Å². The van der Waals surface area contributed by atoms with Crippen molar-refractivity contribution in [3.63, 3.8) is 0 Å². The summed E-state index contributed by atoms with van der Waals surface area (Å²) < 4.78 is 5.63. The highest BCUT2D eigenvalue weighted by Gasteiger charge is 2.20. The average molecular weight is 242 g/mol. The zero-order valence-corrected chi connectivity index (χ0v) is 11.9. The van der Waals surface area contributed by atoms with E-state index in [4.69, 9.17) is 4.74 Å². The Morgan fingerprint density at radius 2 is 2.00 bits per heavy atom. The first kappa shape index (κ1) is 14.9. The second-order valence-electron chi connectivity index (χ2n) is 5.75. The van der Waals surface area contributed by atoms with Gasteiger partial charge >= 0.3 is 0 Å². The molecular formula is C14H30N2O. The molecule has 0 radical (unpaired) electrons. The third kappa shape index (κ3) is 9.57. The average Bonchev–Trinajstić information content (AvgIpc) is 3.07. The van der Waals surface area contributed by atoms with Gasteiger partial charge < -0.3 is 15.0 Å². The molecule has 0 aromatic rings. The van der Waals surface area contributed by atoms with Gasteiger partial charge in [0.2, 0.25) is 0 Å². The van der Waals surface area contributed by atoms with E-state index in [1.807, 2.05) is 0 Å². The molecule has 3 nitrogen and oxygen atoms in total. The molecule has 1 N–H and O–H groups in total. The Balaban J connectivity index is 1.78. The van der Waals surface area contributed by atoms with Gasteiger partial charge in [-0.2, -0.15) is 0 Å². The lowest BCUT2D eigenvalue weighted by molar-refractivity contribution is 0.104. The fraction of sp³-hybridized carbons (Fsp3) is 1.00. The summed E-state index contributed by atoms with van der Waals surface area (Å²) in [6.45, 7) is 10.8. The van der Waals surface area contributed by atoms with Gasteiger partial charge in [-0.3, -0.25) is 0 Å². The van der Waals surface area contributed by atoms with Crippen LogP contribution in [0.3, 0.4) is 0 Å². The highest BCUT2D eigenvalue weighted by molar-refractivity contribution is 4.72. The van der Waals surface area contributed by atoms with E-state index in [2.05, 4.69) is 31.1 Å². The van der Waals surface area contributed by atoms with Crippen LogP contribution in [0.1, 0.15) is 33.1 Å². The third-order valence-corrected chi connectivity index (χ3v) is 3.24. The van der Waals surface area contributed by atoms with Crippen LogP contribution in [0, 0.1) is 11.8 Å². The molecule has 1 rings (SSSR count). The highest BCUT2D eigenvalue weighted by Crippen LogP contribution is 2.28. The van der Waals surface area contributed by atoms with Crippen molar-refractivity contribution in [1.82, 2.24) is 10.2 Å². The standard InChI is InChI=1S/C14H30N2O/c1-13(2)6-7-15-8-9-16(3)10-11-17-12-14-4-5-14/h13-15H,4-12H2,1-3H3.